The van der Waals surface area contributed by atoms with Crippen molar-refractivity contribution in [2.24, 2.45) is 5.92 Å². The summed E-state index contributed by atoms with van der Waals surface area (Å²) >= 11 is 0. The molecule has 4 heteroatoms. The molecule has 0 saturated carbocycles. The van der Waals surface area contributed by atoms with Crippen molar-refractivity contribution in [1.82, 2.24) is 9.55 Å². The minimum Gasteiger partial charge on any atom is -0.492 e. The maximum Gasteiger partial charge on any atom is 0.201 e. The lowest BCUT2D eigenvalue weighted by Crippen LogP contribution is -2.12. The van der Waals surface area contributed by atoms with Gasteiger partial charge in [-0.1, -0.05) is 39.2 Å². The van der Waals surface area contributed by atoms with Crippen molar-refractivity contribution in [3.05, 3.63) is 18.2 Å². The van der Waals surface area contributed by atoms with Crippen LogP contribution in [0, 0.1) is 5.92 Å². The number of unbranched alkanes of at least 4 members (excludes halogenated alkanes) is 1. The Kier molecular flexibility index (Phi) is 5.48. The van der Waals surface area contributed by atoms with Crippen LogP contribution >= 0.6 is 0 Å². The number of hydrogen-bond acceptors (Lipinski definition) is 3. The summed E-state index contributed by atoms with van der Waals surface area (Å²) in [5.74, 6) is 2.06. The highest BCUT2D eigenvalue weighted by Crippen LogP contribution is 2.28. The number of nitrogens with two attached hydrogens (primary N) is 1. The first-order valence-electron chi connectivity index (χ1n) is 8.08. The second kappa shape index (κ2) is 7.34. The summed E-state index contributed by atoms with van der Waals surface area (Å²) < 4.78 is 7.79. The van der Waals surface area contributed by atoms with Gasteiger partial charge in [-0.2, -0.15) is 0 Å². The van der Waals surface area contributed by atoms with Crippen molar-refractivity contribution in [2.75, 3.05) is 12.3 Å². The van der Waals surface area contributed by atoms with Crippen molar-refractivity contribution >= 4 is 17.0 Å². The van der Waals surface area contributed by atoms with E-state index in [4.69, 9.17) is 10.5 Å². The van der Waals surface area contributed by atoms with Gasteiger partial charge in [0.25, 0.3) is 0 Å². The maximum atomic E-state index is 6.15. The number of anilines is 1. The third kappa shape index (κ3) is 3.49. The molecule has 1 heterocycles. The second-order valence-corrected chi connectivity index (χ2v) is 5.55. The zero-order chi connectivity index (χ0) is 15.2. The molecule has 4 nitrogen and oxygen atoms in total. The highest BCUT2D eigenvalue weighted by Gasteiger charge is 2.15. The van der Waals surface area contributed by atoms with E-state index in [0.717, 1.165) is 23.3 Å². The van der Waals surface area contributed by atoms with Crippen LogP contribution in [0.1, 0.15) is 46.5 Å². The van der Waals surface area contributed by atoms with Crippen LogP contribution in [0.3, 0.4) is 0 Å². The first-order valence-corrected chi connectivity index (χ1v) is 8.08. The fourth-order valence-corrected chi connectivity index (χ4v) is 2.78. The Morgan fingerprint density at radius 1 is 1.29 bits per heavy atom. The van der Waals surface area contributed by atoms with E-state index in [9.17, 15) is 0 Å². The van der Waals surface area contributed by atoms with E-state index >= 15 is 0 Å². The number of benzene rings is 1. The molecule has 0 radical (unpaired) electrons. The van der Waals surface area contributed by atoms with E-state index in [2.05, 4.69) is 29.5 Å². The summed E-state index contributed by atoms with van der Waals surface area (Å²) in [6.07, 6.45) is 4.93. The van der Waals surface area contributed by atoms with E-state index in [-0.39, 0.29) is 0 Å². The van der Waals surface area contributed by atoms with Crippen molar-refractivity contribution < 1.29 is 4.74 Å². The molecular weight excluding hydrogens is 262 g/mol. The third-order valence-electron chi connectivity index (χ3n) is 4.06. The summed E-state index contributed by atoms with van der Waals surface area (Å²) in [7, 11) is 0. The molecule has 2 N–H and O–H groups in total. The van der Waals surface area contributed by atoms with Crippen molar-refractivity contribution in [2.45, 2.75) is 53.0 Å². The molecule has 1 atom stereocenters. The average molecular weight is 289 g/mol. The maximum absolute atomic E-state index is 6.15. The normalized spacial score (nSPS) is 12.7. The van der Waals surface area contributed by atoms with Crippen LogP contribution in [0.5, 0.6) is 5.75 Å². The number of aromatic nitrogens is 2. The third-order valence-corrected chi connectivity index (χ3v) is 4.06. The van der Waals surface area contributed by atoms with Crippen LogP contribution in [0.2, 0.25) is 0 Å². The molecule has 2 rings (SSSR count). The number of ether oxygens (including phenoxy) is 1. The van der Waals surface area contributed by atoms with Crippen molar-refractivity contribution in [1.29, 1.82) is 0 Å². The van der Waals surface area contributed by atoms with E-state index < -0.39 is 0 Å². The summed E-state index contributed by atoms with van der Waals surface area (Å²) in [4.78, 5) is 4.52. The number of hydrogen-bond donors (Lipinski definition) is 1. The Morgan fingerprint density at radius 3 is 2.76 bits per heavy atom. The topological polar surface area (TPSA) is 53.1 Å². The van der Waals surface area contributed by atoms with Crippen LogP contribution in [0.4, 0.5) is 5.95 Å². The molecule has 0 saturated heterocycles. The first-order chi connectivity index (χ1) is 10.2. The molecule has 0 aliphatic carbocycles. The number of para-hydroxylation sites is 1. The second-order valence-electron chi connectivity index (χ2n) is 5.55. The number of rotatable bonds is 8. The summed E-state index contributed by atoms with van der Waals surface area (Å²) in [6, 6.07) is 6.04. The first kappa shape index (κ1) is 15.7. The van der Waals surface area contributed by atoms with Gasteiger partial charge in [-0.3, -0.25) is 0 Å². The number of nitrogen functional groups attached to an aromatic ring is 1. The lowest BCUT2D eigenvalue weighted by molar-refractivity contribution is 0.343. The smallest absolute Gasteiger partial charge is 0.201 e. The molecule has 0 aliphatic heterocycles. The molecule has 21 heavy (non-hydrogen) atoms. The van der Waals surface area contributed by atoms with Gasteiger partial charge in [-0.25, -0.2) is 4.98 Å². The van der Waals surface area contributed by atoms with Crippen LogP contribution < -0.4 is 10.5 Å². The zero-order valence-electron chi connectivity index (χ0n) is 13.4. The van der Waals surface area contributed by atoms with Gasteiger partial charge in [-0.15, -0.1) is 0 Å². The Hall–Kier alpha value is -1.71. The van der Waals surface area contributed by atoms with Gasteiger partial charge in [0.05, 0.1) is 12.1 Å². The Balaban J connectivity index is 2.31. The summed E-state index contributed by atoms with van der Waals surface area (Å²) in [6.45, 7) is 8.05. The predicted molar refractivity (Wildman–Crippen MR) is 88.6 cm³/mol. The van der Waals surface area contributed by atoms with E-state index in [0.29, 0.717) is 18.5 Å². The molecule has 116 valence electrons. The highest BCUT2D eigenvalue weighted by molar-refractivity contribution is 5.84. The molecule has 2 aromatic rings. The van der Waals surface area contributed by atoms with E-state index in [1.807, 2.05) is 19.1 Å². The lowest BCUT2D eigenvalue weighted by Gasteiger charge is -2.16. The molecular formula is C17H27N3O. The molecule has 1 aromatic carbocycles. The fourth-order valence-electron chi connectivity index (χ4n) is 2.78. The van der Waals surface area contributed by atoms with Gasteiger partial charge in [-0.05, 0) is 31.4 Å². The van der Waals surface area contributed by atoms with Gasteiger partial charge < -0.3 is 15.0 Å². The quantitative estimate of drug-likeness (QED) is 0.791. The van der Waals surface area contributed by atoms with Crippen molar-refractivity contribution in [3.8, 4) is 5.75 Å². The Bertz CT molecular complexity index is 577. The van der Waals surface area contributed by atoms with Crippen molar-refractivity contribution in [3.63, 3.8) is 0 Å². The van der Waals surface area contributed by atoms with Crippen LogP contribution in [0.15, 0.2) is 18.2 Å². The summed E-state index contributed by atoms with van der Waals surface area (Å²) in [5, 5.41) is 0. The van der Waals surface area contributed by atoms with Gasteiger partial charge in [0, 0.05) is 6.54 Å². The predicted octanol–water partition coefficient (Wildman–Crippen LogP) is 4.23. The monoisotopic (exact) mass is 289 g/mol. The van der Waals surface area contributed by atoms with Gasteiger partial charge in [0.2, 0.25) is 5.95 Å². The van der Waals surface area contributed by atoms with Crippen LogP contribution in [0.25, 0.3) is 11.0 Å². The molecule has 1 aromatic heterocycles. The number of nitrogens with zero attached hydrogens (tertiary/aromatic N) is 2. The van der Waals surface area contributed by atoms with Crippen LogP contribution in [-0.2, 0) is 6.54 Å². The Morgan fingerprint density at radius 2 is 2.10 bits per heavy atom. The van der Waals surface area contributed by atoms with Gasteiger partial charge >= 0.3 is 0 Å². The van der Waals surface area contributed by atoms with Crippen LogP contribution in [-0.4, -0.2) is 16.2 Å². The Labute approximate surface area is 127 Å². The van der Waals surface area contributed by atoms with Gasteiger partial charge in [0.1, 0.15) is 11.3 Å². The largest absolute Gasteiger partial charge is 0.492 e. The number of imidazole rings is 1. The highest BCUT2D eigenvalue weighted by atomic mass is 16.5. The zero-order valence-corrected chi connectivity index (χ0v) is 13.4. The van der Waals surface area contributed by atoms with E-state index in [1.54, 1.807) is 0 Å². The minimum atomic E-state index is 0.590. The fraction of sp³-hybridized carbons (Fsp3) is 0.588. The average Bonchev–Trinajstić information content (AvgIpc) is 2.81. The standard InChI is InChI=1S/C17H27N3O/c1-4-7-9-13(5-2)12-20-14-10-8-11-15(21-6-3)16(14)19-17(20)18/h8,10-11,13H,4-7,9,12H2,1-3H3,(H2,18,19). The van der Waals surface area contributed by atoms with Gasteiger partial charge in [0.15, 0.2) is 0 Å². The molecule has 0 bridgehead atoms. The molecule has 0 amide bonds. The number of fused-ring (bicyclic) bond motifs is 1. The van der Waals surface area contributed by atoms with E-state index in [1.165, 1.54) is 25.7 Å². The molecule has 0 fully saturated rings. The molecule has 0 spiro atoms. The lowest BCUT2D eigenvalue weighted by atomic mass is 9.99. The molecule has 1 unspecified atom stereocenters. The SMILES string of the molecule is CCCCC(CC)Cn1c(N)nc2c(OCC)cccc21. The summed E-state index contributed by atoms with van der Waals surface area (Å²) in [5.41, 5.74) is 8.10. The molecule has 0 aliphatic rings. The minimum absolute atomic E-state index is 0.590.